The van der Waals surface area contributed by atoms with Gasteiger partial charge in [-0.15, -0.1) is 0 Å². The van der Waals surface area contributed by atoms with Crippen LogP contribution in [-0.2, 0) is 14.3 Å². The van der Waals surface area contributed by atoms with Crippen LogP contribution in [-0.4, -0.2) is 38.2 Å². The van der Waals surface area contributed by atoms with Crippen molar-refractivity contribution in [3.8, 4) is 11.5 Å². The van der Waals surface area contributed by atoms with E-state index in [0.29, 0.717) is 18.1 Å². The van der Waals surface area contributed by atoms with Crippen molar-refractivity contribution in [2.45, 2.75) is 20.0 Å². The number of nitrogens with one attached hydrogen (secondary N) is 2. The average Bonchev–Trinajstić information content (AvgIpc) is 2.50. The lowest BCUT2D eigenvalue weighted by atomic mass is 10.3. The fourth-order valence-electron chi connectivity index (χ4n) is 1.42. The number of carbonyl (C=O) groups is 2. The normalized spacial score (nSPS) is 11.4. The molecular weight excluding hydrogens is 276 g/mol. The molecule has 0 spiro atoms. The molecule has 21 heavy (non-hydrogen) atoms. The molecule has 1 aromatic rings. The average molecular weight is 296 g/mol. The van der Waals surface area contributed by atoms with Gasteiger partial charge in [0.25, 0.3) is 11.8 Å². The third kappa shape index (κ3) is 5.70. The van der Waals surface area contributed by atoms with Crippen LogP contribution in [0.1, 0.15) is 13.8 Å². The maximum atomic E-state index is 11.8. The molecule has 0 aliphatic carbocycles. The highest BCUT2D eigenvalue weighted by atomic mass is 16.5. The zero-order valence-corrected chi connectivity index (χ0v) is 12.3. The Balaban J connectivity index is 2.46. The van der Waals surface area contributed by atoms with Crippen LogP contribution in [0.5, 0.6) is 11.5 Å². The van der Waals surface area contributed by atoms with Crippen LogP contribution in [0.3, 0.4) is 0 Å². The molecule has 2 N–H and O–H groups in total. The van der Waals surface area contributed by atoms with Crippen LogP contribution >= 0.6 is 0 Å². The molecule has 1 aromatic carbocycles. The van der Waals surface area contributed by atoms with Gasteiger partial charge in [-0.3, -0.25) is 20.4 Å². The smallest absolute Gasteiger partial charge is 0.279 e. The molecule has 1 rings (SSSR count). The van der Waals surface area contributed by atoms with E-state index in [1.54, 1.807) is 38.1 Å². The first-order valence-corrected chi connectivity index (χ1v) is 6.54. The number of hydrazine groups is 1. The Morgan fingerprint density at radius 2 is 1.86 bits per heavy atom. The van der Waals surface area contributed by atoms with Crippen molar-refractivity contribution in [1.82, 2.24) is 10.9 Å². The molecule has 0 fully saturated rings. The largest absolute Gasteiger partial charge is 0.493 e. The third-order valence-corrected chi connectivity index (χ3v) is 2.50. The minimum atomic E-state index is -0.798. The first-order chi connectivity index (χ1) is 10.1. The van der Waals surface area contributed by atoms with Gasteiger partial charge in [-0.2, -0.15) is 0 Å². The van der Waals surface area contributed by atoms with Crippen molar-refractivity contribution in [3.05, 3.63) is 24.3 Å². The molecule has 116 valence electrons. The Kier molecular flexibility index (Phi) is 7.03. The Morgan fingerprint density at radius 3 is 2.48 bits per heavy atom. The summed E-state index contributed by atoms with van der Waals surface area (Å²) < 4.78 is 15.5. The lowest BCUT2D eigenvalue weighted by Crippen LogP contribution is -2.48. The van der Waals surface area contributed by atoms with E-state index in [4.69, 9.17) is 14.2 Å². The van der Waals surface area contributed by atoms with E-state index in [1.807, 2.05) is 0 Å². The Labute approximate surface area is 123 Å². The molecular formula is C14H20N2O5. The van der Waals surface area contributed by atoms with Crippen LogP contribution in [0.4, 0.5) is 0 Å². The molecule has 7 heteroatoms. The molecule has 0 bridgehead atoms. The lowest BCUT2D eigenvalue weighted by molar-refractivity contribution is -0.134. The topological polar surface area (TPSA) is 85.9 Å². The van der Waals surface area contributed by atoms with Crippen LogP contribution in [0, 0.1) is 0 Å². The van der Waals surface area contributed by atoms with Gasteiger partial charge in [-0.05, 0) is 26.0 Å². The number of para-hydroxylation sites is 2. The van der Waals surface area contributed by atoms with Crippen LogP contribution < -0.4 is 20.3 Å². The number of amides is 2. The second kappa shape index (κ2) is 8.80. The van der Waals surface area contributed by atoms with E-state index in [9.17, 15) is 9.59 Å². The highest BCUT2D eigenvalue weighted by molar-refractivity contribution is 5.85. The summed E-state index contributed by atoms with van der Waals surface area (Å²) in [6.07, 6.45) is -0.798. The Morgan fingerprint density at radius 1 is 1.19 bits per heavy atom. The first-order valence-electron chi connectivity index (χ1n) is 6.54. The number of carbonyl (C=O) groups excluding carboxylic acids is 2. The molecule has 1 unspecified atom stereocenters. The Hall–Kier alpha value is -2.28. The van der Waals surface area contributed by atoms with E-state index in [1.165, 1.54) is 7.11 Å². The van der Waals surface area contributed by atoms with Gasteiger partial charge in [-0.25, -0.2) is 0 Å². The molecule has 0 heterocycles. The predicted molar refractivity (Wildman–Crippen MR) is 75.9 cm³/mol. The van der Waals surface area contributed by atoms with Gasteiger partial charge in [0.15, 0.2) is 17.6 Å². The van der Waals surface area contributed by atoms with Crippen molar-refractivity contribution in [1.29, 1.82) is 0 Å². The van der Waals surface area contributed by atoms with Crippen LogP contribution in [0.2, 0.25) is 0 Å². The zero-order chi connectivity index (χ0) is 15.7. The number of rotatable bonds is 7. The third-order valence-electron chi connectivity index (χ3n) is 2.50. The van der Waals surface area contributed by atoms with Crippen LogP contribution in [0.15, 0.2) is 24.3 Å². The summed E-state index contributed by atoms with van der Waals surface area (Å²) in [6, 6.07) is 6.98. The number of hydrogen-bond acceptors (Lipinski definition) is 5. The highest BCUT2D eigenvalue weighted by Gasteiger charge is 2.17. The van der Waals surface area contributed by atoms with Crippen molar-refractivity contribution >= 4 is 11.8 Å². The van der Waals surface area contributed by atoms with Crippen molar-refractivity contribution < 1.29 is 23.8 Å². The lowest BCUT2D eigenvalue weighted by Gasteiger charge is -2.16. The maximum absolute atomic E-state index is 11.8. The molecule has 0 aliphatic heterocycles. The van der Waals surface area contributed by atoms with E-state index < -0.39 is 17.9 Å². The molecule has 0 saturated heterocycles. The fourth-order valence-corrected chi connectivity index (χ4v) is 1.42. The molecule has 0 saturated carbocycles. The number of ether oxygens (including phenoxy) is 3. The molecule has 7 nitrogen and oxygen atoms in total. The van der Waals surface area contributed by atoms with Gasteiger partial charge in [0.05, 0.1) is 7.11 Å². The van der Waals surface area contributed by atoms with Crippen molar-refractivity contribution in [2.75, 3.05) is 20.3 Å². The quantitative estimate of drug-likeness (QED) is 0.721. The van der Waals surface area contributed by atoms with E-state index >= 15 is 0 Å². The van der Waals surface area contributed by atoms with Crippen LogP contribution in [0.25, 0.3) is 0 Å². The van der Waals surface area contributed by atoms with Gasteiger partial charge in [0.1, 0.15) is 6.61 Å². The van der Waals surface area contributed by atoms with E-state index in [-0.39, 0.29) is 6.61 Å². The minimum absolute atomic E-state index is 0.113. The summed E-state index contributed by atoms with van der Waals surface area (Å²) in [6.45, 7) is 3.65. The van der Waals surface area contributed by atoms with Gasteiger partial charge in [-0.1, -0.05) is 12.1 Å². The Bertz CT molecular complexity index is 478. The maximum Gasteiger partial charge on any atom is 0.279 e. The fraction of sp³-hybridized carbons (Fsp3) is 0.429. The summed E-state index contributed by atoms with van der Waals surface area (Å²) in [5.41, 5.74) is 4.50. The van der Waals surface area contributed by atoms with Gasteiger partial charge in [0.2, 0.25) is 0 Å². The summed E-state index contributed by atoms with van der Waals surface area (Å²) >= 11 is 0. The molecule has 0 aromatic heterocycles. The summed E-state index contributed by atoms with van der Waals surface area (Å²) in [4.78, 5) is 23.1. The summed E-state index contributed by atoms with van der Waals surface area (Å²) in [7, 11) is 1.51. The highest BCUT2D eigenvalue weighted by Crippen LogP contribution is 2.26. The van der Waals surface area contributed by atoms with E-state index in [2.05, 4.69) is 10.9 Å². The first kappa shape index (κ1) is 16.8. The van der Waals surface area contributed by atoms with E-state index in [0.717, 1.165) is 0 Å². The summed E-state index contributed by atoms with van der Waals surface area (Å²) in [5.74, 6) is 0.0567. The van der Waals surface area contributed by atoms with Crippen molar-refractivity contribution in [3.63, 3.8) is 0 Å². The van der Waals surface area contributed by atoms with Gasteiger partial charge < -0.3 is 14.2 Å². The minimum Gasteiger partial charge on any atom is -0.493 e. The second-order valence-electron chi connectivity index (χ2n) is 4.09. The van der Waals surface area contributed by atoms with Gasteiger partial charge in [0, 0.05) is 6.61 Å². The summed E-state index contributed by atoms with van der Waals surface area (Å²) in [5, 5.41) is 0. The van der Waals surface area contributed by atoms with Gasteiger partial charge >= 0.3 is 0 Å². The van der Waals surface area contributed by atoms with Crippen molar-refractivity contribution in [2.24, 2.45) is 0 Å². The molecule has 0 radical (unpaired) electrons. The molecule has 0 aliphatic rings. The number of benzene rings is 1. The standard InChI is InChI=1S/C14H20N2O5/c1-4-20-9-13(17)15-16-14(18)10(2)21-12-8-6-5-7-11(12)19-3/h5-8,10H,4,9H2,1-3H3,(H,15,17)(H,16,18). The second-order valence-corrected chi connectivity index (χ2v) is 4.09. The molecule has 2 amide bonds. The SMILES string of the molecule is CCOCC(=O)NNC(=O)C(C)Oc1ccccc1OC. The monoisotopic (exact) mass is 296 g/mol. The number of methoxy groups -OCH3 is 1. The zero-order valence-electron chi connectivity index (χ0n) is 12.3. The number of hydrogen-bond donors (Lipinski definition) is 2. The molecule has 1 atom stereocenters. The predicted octanol–water partition coefficient (Wildman–Crippen LogP) is 0.646.